The molecule has 0 heterocycles. The maximum atomic E-state index is 9.42. The number of rotatable bonds is 4. The molecule has 3 heteroatoms. The van der Waals surface area contributed by atoms with Crippen LogP contribution < -0.4 is 0 Å². The minimum Gasteiger partial charge on any atom is -0.508 e. The fourth-order valence-corrected chi connectivity index (χ4v) is 1.27. The first kappa shape index (κ1) is 11.0. The molecule has 0 bridgehead atoms. The summed E-state index contributed by atoms with van der Waals surface area (Å²) in [4.78, 5) is 0. The molecule has 0 aliphatic heterocycles. The quantitative estimate of drug-likeness (QED) is 0.675. The summed E-state index contributed by atoms with van der Waals surface area (Å²) >= 11 is 0. The highest BCUT2D eigenvalue weighted by atomic mass is 16.3. The molecule has 0 saturated carbocycles. The summed E-state index contributed by atoms with van der Waals surface area (Å²) in [6.45, 7) is 1.55. The highest BCUT2D eigenvalue weighted by molar-refractivity contribution is 5.31. The van der Waals surface area contributed by atoms with Gasteiger partial charge in [0, 0.05) is 0 Å². The third-order valence-corrected chi connectivity index (χ3v) is 2.26. The van der Waals surface area contributed by atoms with Crippen molar-refractivity contribution in [2.75, 3.05) is 0 Å². The first-order valence-corrected chi connectivity index (χ1v) is 4.74. The number of hydrogen-bond donors (Lipinski definition) is 3. The maximum absolute atomic E-state index is 9.42. The van der Waals surface area contributed by atoms with Gasteiger partial charge in [0.25, 0.3) is 0 Å². The minimum atomic E-state index is -0.727. The Bertz CT molecular complexity index is 284. The zero-order chi connectivity index (χ0) is 10.6. The van der Waals surface area contributed by atoms with Gasteiger partial charge in [-0.05, 0) is 31.4 Å². The summed E-state index contributed by atoms with van der Waals surface area (Å²) in [6, 6.07) is 7.02. The molecular weight excluding hydrogens is 180 g/mol. The molecule has 0 aromatic heterocycles. The molecule has 0 aliphatic rings. The van der Waals surface area contributed by atoms with Crippen molar-refractivity contribution in [3.63, 3.8) is 0 Å². The van der Waals surface area contributed by atoms with Gasteiger partial charge in [-0.25, -0.2) is 0 Å². The summed E-state index contributed by atoms with van der Waals surface area (Å²) in [7, 11) is 0. The lowest BCUT2D eigenvalue weighted by Crippen LogP contribution is -2.22. The van der Waals surface area contributed by atoms with Crippen LogP contribution in [0.3, 0.4) is 0 Å². The predicted molar refractivity (Wildman–Crippen MR) is 54.1 cm³/mol. The standard InChI is InChI=1S/C11H16O3/c1-8(12)10(13)7-6-9-4-2-3-5-11(9)14/h2-5,8,10,12-14H,6-7H2,1H3. The number of aryl methyl sites for hydroxylation is 1. The van der Waals surface area contributed by atoms with Crippen LogP contribution >= 0.6 is 0 Å². The molecule has 0 spiro atoms. The van der Waals surface area contributed by atoms with Crippen LogP contribution in [0.15, 0.2) is 24.3 Å². The van der Waals surface area contributed by atoms with Crippen molar-refractivity contribution in [1.82, 2.24) is 0 Å². The summed E-state index contributed by atoms with van der Waals surface area (Å²) in [5, 5.41) is 27.8. The lowest BCUT2D eigenvalue weighted by Gasteiger charge is -2.13. The highest BCUT2D eigenvalue weighted by Crippen LogP contribution is 2.18. The van der Waals surface area contributed by atoms with Crippen molar-refractivity contribution in [3.8, 4) is 5.75 Å². The van der Waals surface area contributed by atoms with Gasteiger partial charge in [-0.1, -0.05) is 18.2 Å². The topological polar surface area (TPSA) is 60.7 Å². The fraction of sp³-hybridized carbons (Fsp3) is 0.455. The minimum absolute atomic E-state index is 0.241. The normalized spacial score (nSPS) is 15.1. The van der Waals surface area contributed by atoms with Crippen LogP contribution in [0.4, 0.5) is 0 Å². The Morgan fingerprint density at radius 3 is 2.43 bits per heavy atom. The van der Waals surface area contributed by atoms with E-state index in [-0.39, 0.29) is 5.75 Å². The Hall–Kier alpha value is -1.06. The smallest absolute Gasteiger partial charge is 0.118 e. The molecular formula is C11H16O3. The molecule has 14 heavy (non-hydrogen) atoms. The van der Waals surface area contributed by atoms with Crippen LogP contribution in [-0.4, -0.2) is 27.5 Å². The largest absolute Gasteiger partial charge is 0.508 e. The molecule has 3 nitrogen and oxygen atoms in total. The second-order valence-corrected chi connectivity index (χ2v) is 3.48. The Morgan fingerprint density at radius 1 is 1.21 bits per heavy atom. The molecule has 0 aliphatic carbocycles. The molecule has 2 atom stereocenters. The highest BCUT2D eigenvalue weighted by Gasteiger charge is 2.11. The van der Waals surface area contributed by atoms with Gasteiger partial charge >= 0.3 is 0 Å². The van der Waals surface area contributed by atoms with E-state index in [1.165, 1.54) is 0 Å². The van der Waals surface area contributed by atoms with E-state index >= 15 is 0 Å². The summed E-state index contributed by atoms with van der Waals surface area (Å²) < 4.78 is 0. The van der Waals surface area contributed by atoms with Crippen molar-refractivity contribution in [2.45, 2.75) is 32.0 Å². The third-order valence-electron chi connectivity index (χ3n) is 2.26. The monoisotopic (exact) mass is 196 g/mol. The van der Waals surface area contributed by atoms with Gasteiger partial charge in [0.05, 0.1) is 12.2 Å². The molecule has 1 aromatic rings. The van der Waals surface area contributed by atoms with Crippen LogP contribution in [0.25, 0.3) is 0 Å². The Labute approximate surface area is 83.6 Å². The van der Waals surface area contributed by atoms with Gasteiger partial charge < -0.3 is 15.3 Å². The number of para-hydroxylation sites is 1. The lowest BCUT2D eigenvalue weighted by atomic mass is 10.0. The first-order valence-electron chi connectivity index (χ1n) is 4.74. The maximum Gasteiger partial charge on any atom is 0.118 e. The van der Waals surface area contributed by atoms with Gasteiger partial charge in [-0.2, -0.15) is 0 Å². The van der Waals surface area contributed by atoms with Crippen molar-refractivity contribution >= 4 is 0 Å². The van der Waals surface area contributed by atoms with Gasteiger partial charge in [0.15, 0.2) is 0 Å². The second-order valence-electron chi connectivity index (χ2n) is 3.48. The zero-order valence-corrected chi connectivity index (χ0v) is 8.22. The van der Waals surface area contributed by atoms with Crippen molar-refractivity contribution in [1.29, 1.82) is 0 Å². The van der Waals surface area contributed by atoms with E-state index in [9.17, 15) is 10.2 Å². The molecule has 0 fully saturated rings. The second kappa shape index (κ2) is 4.98. The van der Waals surface area contributed by atoms with Crippen molar-refractivity contribution in [2.24, 2.45) is 0 Å². The molecule has 1 aromatic carbocycles. The van der Waals surface area contributed by atoms with E-state index in [1.54, 1.807) is 19.1 Å². The number of hydrogen-bond acceptors (Lipinski definition) is 3. The van der Waals surface area contributed by atoms with E-state index in [0.717, 1.165) is 5.56 Å². The van der Waals surface area contributed by atoms with Crippen molar-refractivity contribution < 1.29 is 15.3 Å². The van der Waals surface area contributed by atoms with Crippen LogP contribution in [0.2, 0.25) is 0 Å². The molecule has 2 unspecified atom stereocenters. The van der Waals surface area contributed by atoms with Crippen LogP contribution in [0.5, 0.6) is 5.75 Å². The van der Waals surface area contributed by atoms with Crippen molar-refractivity contribution in [3.05, 3.63) is 29.8 Å². The number of aromatic hydroxyl groups is 1. The predicted octanol–water partition coefficient (Wildman–Crippen LogP) is 1.07. The SMILES string of the molecule is CC(O)C(O)CCc1ccccc1O. The first-order chi connectivity index (χ1) is 6.61. The molecule has 3 N–H and O–H groups in total. The summed E-state index contributed by atoms with van der Waals surface area (Å²) in [5.41, 5.74) is 0.798. The average molecular weight is 196 g/mol. The number of benzene rings is 1. The Kier molecular flexibility index (Phi) is 3.92. The summed E-state index contributed by atoms with van der Waals surface area (Å²) in [5.74, 6) is 0.241. The zero-order valence-electron chi connectivity index (χ0n) is 8.22. The number of aliphatic hydroxyl groups excluding tert-OH is 2. The van der Waals surface area contributed by atoms with Gasteiger partial charge in [0.1, 0.15) is 5.75 Å². The van der Waals surface area contributed by atoms with E-state index in [2.05, 4.69) is 0 Å². The number of phenols is 1. The number of phenolic OH excluding ortho intramolecular Hbond substituents is 1. The van der Waals surface area contributed by atoms with E-state index in [1.807, 2.05) is 12.1 Å². The summed E-state index contributed by atoms with van der Waals surface area (Å²) in [6.07, 6.45) is -0.427. The van der Waals surface area contributed by atoms with Gasteiger partial charge in [-0.15, -0.1) is 0 Å². The fourth-order valence-electron chi connectivity index (χ4n) is 1.27. The Balaban J connectivity index is 2.50. The van der Waals surface area contributed by atoms with E-state index in [4.69, 9.17) is 5.11 Å². The van der Waals surface area contributed by atoms with Crippen LogP contribution in [0, 0.1) is 0 Å². The third kappa shape index (κ3) is 3.01. The lowest BCUT2D eigenvalue weighted by molar-refractivity contribution is 0.0264. The van der Waals surface area contributed by atoms with E-state index < -0.39 is 12.2 Å². The number of aliphatic hydroxyl groups is 2. The van der Waals surface area contributed by atoms with Crippen LogP contribution in [-0.2, 0) is 6.42 Å². The molecule has 0 radical (unpaired) electrons. The van der Waals surface area contributed by atoms with E-state index in [0.29, 0.717) is 12.8 Å². The van der Waals surface area contributed by atoms with Gasteiger partial charge in [0.2, 0.25) is 0 Å². The molecule has 1 rings (SSSR count). The molecule has 78 valence electrons. The van der Waals surface area contributed by atoms with Gasteiger partial charge in [-0.3, -0.25) is 0 Å². The van der Waals surface area contributed by atoms with Crippen LogP contribution in [0.1, 0.15) is 18.9 Å². The molecule has 0 saturated heterocycles. The average Bonchev–Trinajstić information content (AvgIpc) is 2.16. The molecule has 0 amide bonds. The Morgan fingerprint density at radius 2 is 1.86 bits per heavy atom.